The number of hydrogen-bond donors (Lipinski definition) is 1. The largest absolute Gasteiger partial charge is 0.497 e. The lowest BCUT2D eigenvalue weighted by Gasteiger charge is -2.37. The van der Waals surface area contributed by atoms with E-state index in [9.17, 15) is 14.9 Å². The second-order valence-electron chi connectivity index (χ2n) is 6.70. The summed E-state index contributed by atoms with van der Waals surface area (Å²) in [4.78, 5) is 27.3. The van der Waals surface area contributed by atoms with Gasteiger partial charge in [0.25, 0.3) is 11.6 Å². The molecule has 0 aliphatic carbocycles. The quantitative estimate of drug-likeness (QED) is 0.409. The average molecular weight is 465 g/mol. The maximum atomic E-state index is 12.6. The number of ether oxygens (including phenoxy) is 2. The lowest BCUT2D eigenvalue weighted by molar-refractivity contribution is -0.384. The van der Waals surface area contributed by atoms with Crippen molar-refractivity contribution in [1.82, 2.24) is 10.2 Å². The van der Waals surface area contributed by atoms with Gasteiger partial charge in [0.05, 0.1) is 24.2 Å². The molecule has 164 valence electrons. The predicted molar refractivity (Wildman–Crippen MR) is 122 cm³/mol. The number of carbonyl (C=O) groups excluding carboxylic acids is 1. The van der Waals surface area contributed by atoms with E-state index in [1.807, 2.05) is 9.80 Å². The Balaban J connectivity index is 1.65. The van der Waals surface area contributed by atoms with E-state index in [2.05, 4.69) is 5.32 Å². The summed E-state index contributed by atoms with van der Waals surface area (Å²) < 4.78 is 10.4. The molecule has 1 aliphatic heterocycles. The van der Waals surface area contributed by atoms with Crippen molar-refractivity contribution in [2.45, 2.75) is 0 Å². The number of nitrogens with zero attached hydrogens (tertiary/aromatic N) is 3. The summed E-state index contributed by atoms with van der Waals surface area (Å²) in [7, 11) is 3.01. The minimum atomic E-state index is -0.444. The fourth-order valence-corrected chi connectivity index (χ4v) is 3.85. The number of carbonyl (C=O) groups is 1. The first-order chi connectivity index (χ1) is 14.8. The first-order valence-electron chi connectivity index (χ1n) is 9.35. The standard InChI is InChI=1S/C20H21ClN4O5S/c1-29-14-10-13(11-15(12-14)30-2)19(26)22-20(31)24-8-6-23(7-9-24)18-16(21)4-3-5-17(18)25(27)28/h3-5,10-12H,6-9H2,1-2H3,(H,22,26,31). The zero-order valence-electron chi connectivity index (χ0n) is 17.0. The van der Waals surface area contributed by atoms with Gasteiger partial charge in [-0.25, -0.2) is 0 Å². The number of nitro benzene ring substituents is 1. The van der Waals surface area contributed by atoms with Crippen LogP contribution >= 0.6 is 23.8 Å². The molecule has 9 nitrogen and oxygen atoms in total. The minimum absolute atomic E-state index is 0.0381. The number of para-hydroxylation sites is 1. The van der Waals surface area contributed by atoms with Crippen molar-refractivity contribution in [1.29, 1.82) is 0 Å². The number of methoxy groups -OCH3 is 2. The van der Waals surface area contributed by atoms with Gasteiger partial charge in [-0.1, -0.05) is 17.7 Å². The Kier molecular flexibility index (Phi) is 7.13. The SMILES string of the molecule is COc1cc(OC)cc(C(=O)NC(=S)N2CCN(c3c(Cl)cccc3[N+](=O)[O-])CC2)c1. The van der Waals surface area contributed by atoms with E-state index in [0.717, 1.165) is 0 Å². The molecule has 1 N–H and O–H groups in total. The number of hydrogen-bond acceptors (Lipinski definition) is 7. The number of benzene rings is 2. The third-order valence-electron chi connectivity index (χ3n) is 4.88. The highest BCUT2D eigenvalue weighted by atomic mass is 35.5. The van der Waals surface area contributed by atoms with Crippen molar-refractivity contribution >= 4 is 46.2 Å². The van der Waals surface area contributed by atoms with Gasteiger partial charge in [0.2, 0.25) is 0 Å². The van der Waals surface area contributed by atoms with Crippen LogP contribution in [0.2, 0.25) is 5.02 Å². The van der Waals surface area contributed by atoms with E-state index in [-0.39, 0.29) is 16.7 Å². The second-order valence-corrected chi connectivity index (χ2v) is 7.49. The lowest BCUT2D eigenvalue weighted by Crippen LogP contribution is -2.52. The van der Waals surface area contributed by atoms with Gasteiger partial charge in [0.1, 0.15) is 17.2 Å². The van der Waals surface area contributed by atoms with Gasteiger partial charge in [-0.3, -0.25) is 20.2 Å². The molecule has 0 unspecified atom stereocenters. The number of nitro groups is 1. The Morgan fingerprint density at radius 1 is 1.13 bits per heavy atom. The molecular formula is C20H21ClN4O5S. The van der Waals surface area contributed by atoms with E-state index in [4.69, 9.17) is 33.3 Å². The van der Waals surface area contributed by atoms with Gasteiger partial charge in [-0.15, -0.1) is 0 Å². The van der Waals surface area contributed by atoms with Crippen LogP contribution in [0.4, 0.5) is 11.4 Å². The molecule has 31 heavy (non-hydrogen) atoms. The van der Waals surface area contributed by atoms with Crippen LogP contribution in [0, 0.1) is 10.1 Å². The fraction of sp³-hybridized carbons (Fsp3) is 0.300. The van der Waals surface area contributed by atoms with Crippen LogP contribution in [0.15, 0.2) is 36.4 Å². The molecule has 0 radical (unpaired) electrons. The maximum Gasteiger partial charge on any atom is 0.294 e. The van der Waals surface area contributed by atoms with Crippen molar-refractivity contribution in [2.24, 2.45) is 0 Å². The fourth-order valence-electron chi connectivity index (χ4n) is 3.28. The molecule has 0 aromatic heterocycles. The van der Waals surface area contributed by atoms with Crippen LogP contribution in [0.3, 0.4) is 0 Å². The molecule has 1 heterocycles. The number of halogens is 1. The van der Waals surface area contributed by atoms with Crippen molar-refractivity contribution in [2.75, 3.05) is 45.3 Å². The summed E-state index contributed by atoms with van der Waals surface area (Å²) in [5.41, 5.74) is 0.708. The Morgan fingerprint density at radius 2 is 1.74 bits per heavy atom. The minimum Gasteiger partial charge on any atom is -0.497 e. The molecule has 1 amide bonds. The van der Waals surface area contributed by atoms with Crippen molar-refractivity contribution in [3.8, 4) is 11.5 Å². The summed E-state index contributed by atoms with van der Waals surface area (Å²) >= 11 is 11.6. The molecule has 2 aromatic carbocycles. The highest BCUT2D eigenvalue weighted by Gasteiger charge is 2.27. The molecule has 1 aliphatic rings. The van der Waals surface area contributed by atoms with E-state index in [1.165, 1.54) is 20.3 Å². The van der Waals surface area contributed by atoms with Crippen LogP contribution in [-0.4, -0.2) is 61.2 Å². The first kappa shape index (κ1) is 22.6. The van der Waals surface area contributed by atoms with Crippen LogP contribution < -0.4 is 19.7 Å². The molecule has 0 atom stereocenters. The third kappa shape index (κ3) is 5.15. The number of piperazine rings is 1. The molecule has 3 rings (SSSR count). The molecule has 11 heteroatoms. The smallest absolute Gasteiger partial charge is 0.294 e. The zero-order valence-corrected chi connectivity index (χ0v) is 18.5. The number of anilines is 1. The van der Waals surface area contributed by atoms with E-state index < -0.39 is 4.92 Å². The van der Waals surface area contributed by atoms with Crippen molar-refractivity contribution in [3.63, 3.8) is 0 Å². The Morgan fingerprint density at radius 3 is 2.29 bits per heavy atom. The average Bonchev–Trinajstić information content (AvgIpc) is 2.78. The topological polar surface area (TPSA) is 97.2 Å². The van der Waals surface area contributed by atoms with Gasteiger partial charge in [0, 0.05) is 43.9 Å². The van der Waals surface area contributed by atoms with Crippen molar-refractivity contribution < 1.29 is 19.2 Å². The van der Waals surface area contributed by atoms with E-state index in [1.54, 1.807) is 30.3 Å². The zero-order chi connectivity index (χ0) is 22.5. The molecule has 0 saturated carbocycles. The Bertz CT molecular complexity index is 989. The molecular weight excluding hydrogens is 444 g/mol. The monoisotopic (exact) mass is 464 g/mol. The molecule has 1 saturated heterocycles. The van der Waals surface area contributed by atoms with Gasteiger partial charge >= 0.3 is 0 Å². The summed E-state index contributed by atoms with van der Waals surface area (Å²) in [6.07, 6.45) is 0. The molecule has 1 fully saturated rings. The normalized spacial score (nSPS) is 13.5. The van der Waals surface area contributed by atoms with Gasteiger partial charge in [-0.05, 0) is 30.4 Å². The summed E-state index contributed by atoms with van der Waals surface area (Å²) in [5, 5.41) is 14.7. The van der Waals surface area contributed by atoms with Gasteiger partial charge < -0.3 is 19.3 Å². The van der Waals surface area contributed by atoms with Gasteiger partial charge in [-0.2, -0.15) is 0 Å². The highest BCUT2D eigenvalue weighted by Crippen LogP contribution is 2.35. The predicted octanol–water partition coefficient (Wildman–Crippen LogP) is 3.10. The summed E-state index contributed by atoms with van der Waals surface area (Å²) in [6.45, 7) is 1.88. The number of nitrogens with one attached hydrogen (secondary N) is 1. The summed E-state index contributed by atoms with van der Waals surface area (Å²) in [5.74, 6) is 0.599. The highest BCUT2D eigenvalue weighted by molar-refractivity contribution is 7.80. The van der Waals surface area contributed by atoms with E-state index >= 15 is 0 Å². The maximum absolute atomic E-state index is 12.6. The molecule has 2 aromatic rings. The van der Waals surface area contributed by atoms with Crippen molar-refractivity contribution in [3.05, 3.63) is 57.1 Å². The summed E-state index contributed by atoms with van der Waals surface area (Å²) in [6, 6.07) is 9.47. The van der Waals surface area contributed by atoms with Crippen LogP contribution in [-0.2, 0) is 0 Å². The Hall–Kier alpha value is -3.11. The van der Waals surface area contributed by atoms with Gasteiger partial charge in [0.15, 0.2) is 5.11 Å². The first-order valence-corrected chi connectivity index (χ1v) is 10.1. The number of amides is 1. The number of thiocarbonyl (C=S) groups is 1. The lowest BCUT2D eigenvalue weighted by atomic mass is 10.2. The molecule has 0 bridgehead atoms. The third-order valence-corrected chi connectivity index (χ3v) is 5.54. The number of rotatable bonds is 5. The molecule has 0 spiro atoms. The Labute approximate surface area is 189 Å². The second kappa shape index (κ2) is 9.80. The van der Waals surface area contributed by atoms with Crippen LogP contribution in [0.25, 0.3) is 0 Å². The van der Waals surface area contributed by atoms with E-state index in [0.29, 0.717) is 54.0 Å². The van der Waals surface area contributed by atoms with Crippen LogP contribution in [0.1, 0.15) is 10.4 Å². The van der Waals surface area contributed by atoms with Crippen LogP contribution in [0.5, 0.6) is 11.5 Å².